The minimum Gasteiger partial charge on any atom is -0.491 e. The fraction of sp³-hybridized carbons (Fsp3) is 0.625. The second-order valence-electron chi connectivity index (χ2n) is 8.97. The number of nitrogens with zero attached hydrogens (tertiary/aromatic N) is 2. The fourth-order valence-corrected chi connectivity index (χ4v) is 3.72. The molecule has 1 aromatic rings. The molecule has 184 valence electrons. The van der Waals surface area contributed by atoms with Crippen molar-refractivity contribution in [3.8, 4) is 5.75 Å². The van der Waals surface area contributed by atoms with Gasteiger partial charge in [0.15, 0.2) is 0 Å². The molecule has 0 radical (unpaired) electrons. The van der Waals surface area contributed by atoms with Crippen molar-refractivity contribution in [2.45, 2.75) is 59.2 Å². The van der Waals surface area contributed by atoms with Crippen molar-refractivity contribution in [1.29, 1.82) is 0 Å². The average molecular weight is 463 g/mol. The van der Waals surface area contributed by atoms with Gasteiger partial charge in [-0.25, -0.2) is 4.79 Å². The molecule has 0 saturated heterocycles. The molecule has 1 heterocycles. The number of methoxy groups -OCH3 is 1. The van der Waals surface area contributed by atoms with Crippen LogP contribution in [0.15, 0.2) is 18.2 Å². The second kappa shape index (κ2) is 11.9. The molecule has 0 aliphatic carbocycles. The van der Waals surface area contributed by atoms with Crippen LogP contribution in [0, 0.1) is 5.92 Å². The Morgan fingerprint density at radius 1 is 1.24 bits per heavy atom. The number of hydrogen-bond acceptors (Lipinski definition) is 5. The Balaban J connectivity index is 2.44. The number of fused-ring (bicyclic) bond motifs is 1. The van der Waals surface area contributed by atoms with Crippen LogP contribution in [-0.2, 0) is 9.53 Å². The number of anilines is 1. The lowest BCUT2D eigenvalue weighted by atomic mass is 10.0. The number of nitrogens with one attached hydrogen (secondary N) is 2. The van der Waals surface area contributed by atoms with E-state index in [0.29, 0.717) is 36.5 Å². The fourth-order valence-electron chi connectivity index (χ4n) is 3.72. The lowest BCUT2D eigenvalue weighted by Crippen LogP contribution is -2.52. The SMILES string of the molecule is CCC(=O)Nc1ccc2c(c1)C(=O)N(C)C[C@H](OC)[C@H](C)CN(C(=O)NC(C)C)[C@@H](C)CO2. The Morgan fingerprint density at radius 3 is 2.55 bits per heavy atom. The molecule has 9 nitrogen and oxygen atoms in total. The number of rotatable bonds is 4. The van der Waals surface area contributed by atoms with Crippen molar-refractivity contribution in [3.05, 3.63) is 23.8 Å². The van der Waals surface area contributed by atoms with Gasteiger partial charge in [-0.05, 0) is 39.0 Å². The van der Waals surface area contributed by atoms with Crippen LogP contribution in [0.2, 0.25) is 0 Å². The van der Waals surface area contributed by atoms with Gasteiger partial charge >= 0.3 is 6.03 Å². The summed E-state index contributed by atoms with van der Waals surface area (Å²) in [6.07, 6.45) is 0.0629. The van der Waals surface area contributed by atoms with E-state index in [9.17, 15) is 14.4 Å². The van der Waals surface area contributed by atoms with Gasteiger partial charge in [-0.15, -0.1) is 0 Å². The first-order chi connectivity index (χ1) is 15.6. The highest BCUT2D eigenvalue weighted by Gasteiger charge is 2.30. The molecule has 0 unspecified atom stereocenters. The van der Waals surface area contributed by atoms with E-state index in [1.807, 2.05) is 27.7 Å². The monoisotopic (exact) mass is 462 g/mol. The van der Waals surface area contributed by atoms with Gasteiger partial charge in [0.25, 0.3) is 5.91 Å². The zero-order valence-electron chi connectivity index (χ0n) is 20.8. The molecule has 2 rings (SSSR count). The van der Waals surface area contributed by atoms with Crippen molar-refractivity contribution in [3.63, 3.8) is 0 Å². The number of ether oxygens (including phenoxy) is 2. The number of amides is 4. The maximum Gasteiger partial charge on any atom is 0.317 e. The van der Waals surface area contributed by atoms with Gasteiger partial charge in [0.2, 0.25) is 5.91 Å². The number of benzene rings is 1. The highest BCUT2D eigenvalue weighted by atomic mass is 16.5. The van der Waals surface area contributed by atoms with Crippen molar-refractivity contribution in [2.24, 2.45) is 5.92 Å². The Labute approximate surface area is 196 Å². The molecule has 4 amide bonds. The summed E-state index contributed by atoms with van der Waals surface area (Å²) in [5, 5.41) is 5.75. The third-order valence-electron chi connectivity index (χ3n) is 5.72. The maximum absolute atomic E-state index is 13.3. The highest BCUT2D eigenvalue weighted by molar-refractivity contribution is 5.99. The Kier molecular flexibility index (Phi) is 9.52. The van der Waals surface area contributed by atoms with Gasteiger partial charge in [-0.2, -0.15) is 0 Å². The van der Waals surface area contributed by atoms with E-state index in [2.05, 4.69) is 10.6 Å². The summed E-state index contributed by atoms with van der Waals surface area (Å²) in [5.41, 5.74) is 0.876. The van der Waals surface area contributed by atoms with Crippen LogP contribution < -0.4 is 15.4 Å². The molecule has 1 aliphatic rings. The first-order valence-corrected chi connectivity index (χ1v) is 11.5. The molecule has 1 aromatic carbocycles. The van der Waals surface area contributed by atoms with Crippen LogP contribution in [0.4, 0.5) is 10.5 Å². The lowest BCUT2D eigenvalue weighted by molar-refractivity contribution is -0.115. The number of carbonyl (C=O) groups is 3. The third-order valence-corrected chi connectivity index (χ3v) is 5.72. The number of likely N-dealkylation sites (N-methyl/N-ethyl adjacent to an activating group) is 1. The molecule has 3 atom stereocenters. The van der Waals surface area contributed by atoms with E-state index in [0.717, 1.165) is 0 Å². The number of carbonyl (C=O) groups excluding carboxylic acids is 3. The summed E-state index contributed by atoms with van der Waals surface area (Å²) in [6.45, 7) is 10.5. The summed E-state index contributed by atoms with van der Waals surface area (Å²) < 4.78 is 11.7. The van der Waals surface area contributed by atoms with Crippen molar-refractivity contribution >= 4 is 23.5 Å². The molecular formula is C24H38N4O5. The molecular weight excluding hydrogens is 424 g/mol. The summed E-state index contributed by atoms with van der Waals surface area (Å²) in [5.74, 6) is 0.00713. The molecule has 0 bridgehead atoms. The molecule has 2 N–H and O–H groups in total. The highest BCUT2D eigenvalue weighted by Crippen LogP contribution is 2.26. The second-order valence-corrected chi connectivity index (χ2v) is 8.97. The van der Waals surface area contributed by atoms with Crippen LogP contribution >= 0.6 is 0 Å². The number of urea groups is 1. The van der Waals surface area contributed by atoms with E-state index in [-0.39, 0.29) is 48.6 Å². The van der Waals surface area contributed by atoms with Gasteiger partial charge in [-0.3, -0.25) is 9.59 Å². The first kappa shape index (κ1) is 26.4. The van der Waals surface area contributed by atoms with Gasteiger partial charge in [-0.1, -0.05) is 13.8 Å². The van der Waals surface area contributed by atoms with Crippen LogP contribution in [0.1, 0.15) is 51.4 Å². The molecule has 1 aliphatic heterocycles. The van der Waals surface area contributed by atoms with Crippen LogP contribution in [0.3, 0.4) is 0 Å². The van der Waals surface area contributed by atoms with E-state index in [1.165, 1.54) is 0 Å². The summed E-state index contributed by atoms with van der Waals surface area (Å²) in [7, 11) is 3.32. The smallest absolute Gasteiger partial charge is 0.317 e. The van der Waals surface area contributed by atoms with Crippen LogP contribution in [-0.4, -0.2) is 79.7 Å². The molecule has 9 heteroatoms. The van der Waals surface area contributed by atoms with E-state index < -0.39 is 0 Å². The minimum absolute atomic E-state index is 0.00163. The van der Waals surface area contributed by atoms with Crippen molar-refractivity contribution in [1.82, 2.24) is 15.1 Å². The van der Waals surface area contributed by atoms with E-state index in [1.54, 1.807) is 49.1 Å². The number of hydrogen-bond donors (Lipinski definition) is 2. The van der Waals surface area contributed by atoms with Crippen molar-refractivity contribution in [2.75, 3.05) is 39.2 Å². The quantitative estimate of drug-likeness (QED) is 0.717. The minimum atomic E-state index is -0.271. The molecule has 0 spiro atoms. The lowest BCUT2D eigenvalue weighted by Gasteiger charge is -2.36. The van der Waals surface area contributed by atoms with Gasteiger partial charge < -0.3 is 29.9 Å². The zero-order chi connectivity index (χ0) is 24.7. The van der Waals surface area contributed by atoms with Crippen LogP contribution in [0.5, 0.6) is 5.75 Å². The summed E-state index contributed by atoms with van der Waals surface area (Å²) in [6, 6.07) is 4.61. The molecule has 0 fully saturated rings. The summed E-state index contributed by atoms with van der Waals surface area (Å²) >= 11 is 0. The average Bonchev–Trinajstić information content (AvgIpc) is 2.77. The predicted octanol–water partition coefficient (Wildman–Crippen LogP) is 2.96. The zero-order valence-corrected chi connectivity index (χ0v) is 20.8. The Bertz CT molecular complexity index is 844. The van der Waals surface area contributed by atoms with Gasteiger partial charge in [0, 0.05) is 51.3 Å². The molecule has 33 heavy (non-hydrogen) atoms. The van der Waals surface area contributed by atoms with E-state index >= 15 is 0 Å². The normalized spacial score (nSPS) is 22.1. The first-order valence-electron chi connectivity index (χ1n) is 11.5. The van der Waals surface area contributed by atoms with Gasteiger partial charge in [0.05, 0.1) is 17.7 Å². The third kappa shape index (κ3) is 7.08. The van der Waals surface area contributed by atoms with E-state index in [4.69, 9.17) is 9.47 Å². The Morgan fingerprint density at radius 2 is 1.94 bits per heavy atom. The standard InChI is InChI=1S/C24H38N4O5/c1-8-22(29)26-18-9-10-20-19(11-18)23(30)27(6)13-21(32-7)16(4)12-28(17(5)14-33-20)24(31)25-15(2)3/h9-11,15-17,21H,8,12-14H2,1-7H3,(H,25,31)(H,26,29)/t16-,17+,21+/m1/s1. The topological polar surface area (TPSA) is 100 Å². The Hall–Kier alpha value is -2.81. The van der Waals surface area contributed by atoms with Crippen molar-refractivity contribution < 1.29 is 23.9 Å². The van der Waals surface area contributed by atoms with Crippen LogP contribution in [0.25, 0.3) is 0 Å². The van der Waals surface area contributed by atoms with Gasteiger partial charge in [0.1, 0.15) is 12.4 Å². The maximum atomic E-state index is 13.3. The molecule has 0 aromatic heterocycles. The summed E-state index contributed by atoms with van der Waals surface area (Å²) in [4.78, 5) is 41.4. The molecule has 0 saturated carbocycles. The predicted molar refractivity (Wildman–Crippen MR) is 128 cm³/mol. The largest absolute Gasteiger partial charge is 0.491 e.